The molecule has 0 spiro atoms. The van der Waals surface area contributed by atoms with E-state index in [4.69, 9.17) is 9.73 Å². The van der Waals surface area contributed by atoms with Crippen molar-refractivity contribution in [1.29, 1.82) is 0 Å². The van der Waals surface area contributed by atoms with Crippen LogP contribution in [0.2, 0.25) is 0 Å². The van der Waals surface area contributed by atoms with E-state index >= 15 is 0 Å². The van der Waals surface area contributed by atoms with Gasteiger partial charge in [0.15, 0.2) is 12.0 Å². The molecule has 7 heteroatoms. The molecule has 1 saturated heterocycles. The Morgan fingerprint density at radius 1 is 1.09 bits per heavy atom. The van der Waals surface area contributed by atoms with Crippen LogP contribution in [0.5, 0.6) is 0 Å². The molecular formula is C25H32N5O2+. The molecule has 4 aliphatic rings. The predicted molar refractivity (Wildman–Crippen MR) is 125 cm³/mol. The zero-order valence-corrected chi connectivity index (χ0v) is 18.8. The first-order valence-electron chi connectivity index (χ1n) is 11.7. The summed E-state index contributed by atoms with van der Waals surface area (Å²) in [6.07, 6.45) is 12.4. The number of quaternary nitrogens is 1. The number of hydrogen-bond acceptors (Lipinski definition) is 5. The maximum Gasteiger partial charge on any atom is 0.410 e. The molecule has 1 aromatic carbocycles. The smallest absolute Gasteiger partial charge is 0.410 e. The van der Waals surface area contributed by atoms with Gasteiger partial charge in [0.1, 0.15) is 18.5 Å². The summed E-state index contributed by atoms with van der Waals surface area (Å²) in [6, 6.07) is 10.5. The highest BCUT2D eigenvalue weighted by Crippen LogP contribution is 2.38. The zero-order chi connectivity index (χ0) is 22.0. The zero-order valence-electron chi connectivity index (χ0n) is 18.8. The first kappa shape index (κ1) is 21.1. The third-order valence-corrected chi connectivity index (χ3v) is 7.25. The highest BCUT2D eigenvalue weighted by molar-refractivity contribution is 5.83. The van der Waals surface area contributed by atoms with Gasteiger partial charge >= 0.3 is 6.09 Å². The minimum Gasteiger partial charge on any atom is -0.445 e. The molecule has 32 heavy (non-hydrogen) atoms. The van der Waals surface area contributed by atoms with Gasteiger partial charge in [0, 0.05) is 38.1 Å². The van der Waals surface area contributed by atoms with Crippen LogP contribution in [-0.4, -0.2) is 72.2 Å². The van der Waals surface area contributed by atoms with Gasteiger partial charge in [0.25, 0.3) is 0 Å². The summed E-state index contributed by atoms with van der Waals surface area (Å²) in [7, 11) is 2.16. The maximum absolute atomic E-state index is 12.4. The number of amides is 1. The summed E-state index contributed by atoms with van der Waals surface area (Å²) in [5, 5.41) is 0. The van der Waals surface area contributed by atoms with Crippen LogP contribution >= 0.6 is 0 Å². The van der Waals surface area contributed by atoms with E-state index in [-0.39, 0.29) is 6.09 Å². The number of ether oxygens (including phenoxy) is 1. The molecule has 1 aromatic rings. The molecule has 1 aliphatic carbocycles. The Bertz CT molecular complexity index is 954. The van der Waals surface area contributed by atoms with E-state index in [1.54, 1.807) is 0 Å². The van der Waals surface area contributed by atoms with E-state index in [9.17, 15) is 4.79 Å². The lowest BCUT2D eigenvalue weighted by atomic mass is 9.82. The SMILES string of the molecule is C[N+]12C=CN=CC1=C(C1CCC(N3CCN(C(=O)OCc4ccccc4)CC3)CC1)N=C2. The summed E-state index contributed by atoms with van der Waals surface area (Å²) in [6.45, 7) is 3.67. The van der Waals surface area contributed by atoms with Crippen molar-refractivity contribution in [3.05, 3.63) is 59.7 Å². The van der Waals surface area contributed by atoms with Gasteiger partial charge in [-0.05, 0) is 31.2 Å². The minimum absolute atomic E-state index is 0.200. The molecule has 1 unspecified atom stereocenters. The lowest BCUT2D eigenvalue weighted by molar-refractivity contribution is -0.706. The average Bonchev–Trinajstić information content (AvgIpc) is 3.20. The Balaban J connectivity index is 1.09. The van der Waals surface area contributed by atoms with Gasteiger partial charge in [-0.25, -0.2) is 14.3 Å². The fraction of sp³-hybridized carbons (Fsp3) is 0.480. The first-order valence-corrected chi connectivity index (χ1v) is 11.7. The van der Waals surface area contributed by atoms with Crippen LogP contribution in [0.4, 0.5) is 4.79 Å². The van der Waals surface area contributed by atoms with Crippen LogP contribution in [0.3, 0.4) is 0 Å². The third kappa shape index (κ3) is 4.27. The molecule has 3 aliphatic heterocycles. The summed E-state index contributed by atoms with van der Waals surface area (Å²) in [5.74, 6) is 0.518. The van der Waals surface area contributed by atoms with E-state index in [1.165, 1.54) is 24.2 Å². The van der Waals surface area contributed by atoms with Gasteiger partial charge < -0.3 is 9.64 Å². The van der Waals surface area contributed by atoms with Crippen molar-refractivity contribution >= 4 is 18.6 Å². The molecule has 1 saturated carbocycles. The van der Waals surface area contributed by atoms with Crippen molar-refractivity contribution in [2.24, 2.45) is 15.9 Å². The van der Waals surface area contributed by atoms with Gasteiger partial charge in [-0.2, -0.15) is 0 Å². The lowest BCUT2D eigenvalue weighted by Gasteiger charge is -2.41. The standard InChI is InChI=1S/C25H32N5O2/c1-30-16-11-26-17-23(30)24(27-19-30)21-7-9-22(10-8-21)28-12-14-29(15-13-28)25(31)32-18-20-5-3-2-4-6-20/h2-6,11,16-17,19,21-22H,7-10,12-15,18H2,1H3/q+1. The number of rotatable bonds is 4. The van der Waals surface area contributed by atoms with E-state index in [0.29, 0.717) is 23.0 Å². The van der Waals surface area contributed by atoms with E-state index in [1.807, 2.05) is 54.0 Å². The number of nitrogens with zero attached hydrogens (tertiary/aromatic N) is 5. The number of fused-ring (bicyclic) bond motifs is 1. The molecule has 2 fully saturated rings. The Labute approximate surface area is 190 Å². The molecule has 5 rings (SSSR count). The van der Waals surface area contributed by atoms with E-state index < -0.39 is 0 Å². The molecule has 7 nitrogen and oxygen atoms in total. The number of benzene rings is 1. The molecule has 3 heterocycles. The molecule has 0 aromatic heterocycles. The van der Waals surface area contributed by atoms with Gasteiger partial charge in [-0.3, -0.25) is 9.89 Å². The number of carbonyl (C=O) groups excluding carboxylic acids is 1. The first-order chi connectivity index (χ1) is 15.6. The Morgan fingerprint density at radius 2 is 1.84 bits per heavy atom. The van der Waals surface area contributed by atoms with Gasteiger partial charge in [0.2, 0.25) is 0 Å². The van der Waals surface area contributed by atoms with Crippen molar-refractivity contribution in [1.82, 2.24) is 9.80 Å². The molecule has 0 radical (unpaired) electrons. The van der Waals surface area contributed by atoms with Gasteiger partial charge in [-0.15, -0.1) is 0 Å². The monoisotopic (exact) mass is 434 g/mol. The topological polar surface area (TPSA) is 57.5 Å². The van der Waals surface area contributed by atoms with Crippen LogP contribution in [0.25, 0.3) is 0 Å². The van der Waals surface area contributed by atoms with Crippen molar-refractivity contribution in [3.8, 4) is 0 Å². The van der Waals surface area contributed by atoms with Crippen LogP contribution in [-0.2, 0) is 11.3 Å². The highest BCUT2D eigenvalue weighted by atomic mass is 16.6. The maximum atomic E-state index is 12.4. The van der Waals surface area contributed by atoms with E-state index in [2.05, 4.69) is 23.1 Å². The fourth-order valence-electron chi connectivity index (χ4n) is 5.27. The Kier molecular flexibility index (Phi) is 5.93. The van der Waals surface area contributed by atoms with Crippen molar-refractivity contribution in [2.45, 2.75) is 38.3 Å². The largest absolute Gasteiger partial charge is 0.445 e. The number of carbonyl (C=O) groups is 1. The van der Waals surface area contributed by atoms with Crippen LogP contribution in [0.1, 0.15) is 31.2 Å². The Hall–Kier alpha value is -2.77. The van der Waals surface area contributed by atoms with Crippen molar-refractivity contribution < 1.29 is 14.0 Å². The fourth-order valence-corrected chi connectivity index (χ4v) is 5.27. The van der Waals surface area contributed by atoms with Crippen LogP contribution < -0.4 is 0 Å². The third-order valence-electron chi connectivity index (χ3n) is 7.25. The molecule has 168 valence electrons. The second-order valence-electron chi connectivity index (χ2n) is 9.31. The number of hydrogen-bond donors (Lipinski definition) is 0. The summed E-state index contributed by atoms with van der Waals surface area (Å²) in [4.78, 5) is 26.0. The number of allylic oxidation sites excluding steroid dienone is 2. The lowest BCUT2D eigenvalue weighted by Crippen LogP contribution is -2.52. The Morgan fingerprint density at radius 3 is 2.59 bits per heavy atom. The minimum atomic E-state index is -0.200. The predicted octanol–water partition coefficient (Wildman–Crippen LogP) is 3.76. The second kappa shape index (κ2) is 9.00. The molecule has 1 amide bonds. The van der Waals surface area contributed by atoms with Crippen LogP contribution in [0, 0.1) is 5.92 Å². The summed E-state index contributed by atoms with van der Waals surface area (Å²) >= 11 is 0. The molecule has 0 N–H and O–H groups in total. The quantitative estimate of drug-likeness (QED) is 0.678. The molecule has 1 atom stereocenters. The summed E-state index contributed by atoms with van der Waals surface area (Å²) in [5.41, 5.74) is 3.47. The van der Waals surface area contributed by atoms with Gasteiger partial charge in [0.05, 0.1) is 19.5 Å². The normalized spacial score (nSPS) is 30.0. The molecular weight excluding hydrogens is 402 g/mol. The number of piperazine rings is 1. The van der Waals surface area contributed by atoms with Crippen LogP contribution in [0.15, 0.2) is 64.1 Å². The second-order valence-corrected chi connectivity index (χ2v) is 9.31. The number of aliphatic imine (C=N–C) groups is 2. The average molecular weight is 435 g/mol. The van der Waals surface area contributed by atoms with Gasteiger partial charge in [-0.1, -0.05) is 30.3 Å². The highest BCUT2D eigenvalue weighted by Gasteiger charge is 2.39. The van der Waals surface area contributed by atoms with E-state index in [0.717, 1.165) is 44.6 Å². The summed E-state index contributed by atoms with van der Waals surface area (Å²) < 4.78 is 6.14. The van der Waals surface area contributed by atoms with Crippen molar-refractivity contribution in [3.63, 3.8) is 0 Å². The molecule has 0 bridgehead atoms. The van der Waals surface area contributed by atoms with Crippen molar-refractivity contribution in [2.75, 3.05) is 33.2 Å².